The Morgan fingerprint density at radius 1 is 1.20 bits per heavy atom. The molecule has 2 unspecified atom stereocenters. The molecule has 158 valence electrons. The lowest BCUT2D eigenvalue weighted by Gasteiger charge is -2.42. The molecule has 1 aliphatic carbocycles. The van der Waals surface area contributed by atoms with Crippen LogP contribution in [0.1, 0.15) is 50.0 Å². The van der Waals surface area contributed by atoms with E-state index in [1.54, 1.807) is 12.1 Å². The Bertz CT molecular complexity index is 1130. The van der Waals surface area contributed by atoms with E-state index in [9.17, 15) is 10.2 Å². The first-order valence-corrected chi connectivity index (χ1v) is 11.2. The molecule has 0 spiro atoms. The molecule has 0 amide bonds. The van der Waals surface area contributed by atoms with Gasteiger partial charge in [0, 0.05) is 24.0 Å². The number of piperidine rings is 1. The number of aromatic nitrogens is 2. The van der Waals surface area contributed by atoms with E-state index in [0.29, 0.717) is 22.2 Å². The van der Waals surface area contributed by atoms with Gasteiger partial charge in [0.1, 0.15) is 11.4 Å². The third-order valence-corrected chi connectivity index (χ3v) is 7.27. The quantitative estimate of drug-likeness (QED) is 0.566. The van der Waals surface area contributed by atoms with Gasteiger partial charge >= 0.3 is 0 Å². The number of nitrogens with zero attached hydrogens (tertiary/aromatic N) is 3. The Kier molecular flexibility index (Phi) is 4.98. The molecule has 2 aromatic heterocycles. The summed E-state index contributed by atoms with van der Waals surface area (Å²) in [7, 11) is 0. The summed E-state index contributed by atoms with van der Waals surface area (Å²) in [6, 6.07) is 7.28. The van der Waals surface area contributed by atoms with Gasteiger partial charge in [-0.3, -0.25) is 4.90 Å². The van der Waals surface area contributed by atoms with Crippen LogP contribution >= 0.6 is 23.2 Å². The Labute approximate surface area is 185 Å². The number of likely N-dealkylation sites (tertiary alicyclic amines) is 1. The number of aromatic hydroxyl groups is 1. The van der Waals surface area contributed by atoms with E-state index in [1.165, 1.54) is 5.69 Å². The van der Waals surface area contributed by atoms with Crippen molar-refractivity contribution in [2.45, 2.75) is 50.7 Å². The third kappa shape index (κ3) is 3.38. The largest absolute Gasteiger partial charge is 0.507 e. The molecule has 0 radical (unpaired) electrons. The number of pyridine rings is 1. The van der Waals surface area contributed by atoms with E-state index < -0.39 is 5.60 Å². The summed E-state index contributed by atoms with van der Waals surface area (Å²) in [4.78, 5) is 7.40. The second kappa shape index (κ2) is 7.41. The van der Waals surface area contributed by atoms with Gasteiger partial charge in [-0.2, -0.15) is 0 Å². The first-order chi connectivity index (χ1) is 14.3. The van der Waals surface area contributed by atoms with Gasteiger partial charge in [0.05, 0.1) is 27.4 Å². The van der Waals surface area contributed by atoms with Gasteiger partial charge in [-0.15, -0.1) is 0 Å². The maximum Gasteiger partial charge on any atom is 0.137 e. The highest BCUT2D eigenvalue weighted by Crippen LogP contribution is 2.42. The molecule has 3 heterocycles. The molecule has 1 fully saturated rings. The van der Waals surface area contributed by atoms with Crippen molar-refractivity contribution < 1.29 is 10.2 Å². The first-order valence-electron chi connectivity index (χ1n) is 10.5. The Morgan fingerprint density at radius 3 is 2.83 bits per heavy atom. The molecule has 7 heteroatoms. The highest BCUT2D eigenvalue weighted by Gasteiger charge is 2.36. The normalized spacial score (nSPS) is 24.9. The summed E-state index contributed by atoms with van der Waals surface area (Å²) >= 11 is 12.6. The number of hydrogen-bond acceptors (Lipinski definition) is 4. The zero-order valence-corrected chi connectivity index (χ0v) is 18.4. The lowest BCUT2D eigenvalue weighted by Crippen LogP contribution is -2.48. The molecule has 1 aliphatic heterocycles. The molecule has 2 aliphatic rings. The van der Waals surface area contributed by atoms with Crippen molar-refractivity contribution in [2.24, 2.45) is 0 Å². The maximum absolute atomic E-state index is 10.6. The number of phenols is 1. The molecule has 1 saturated heterocycles. The molecule has 0 saturated carbocycles. The lowest BCUT2D eigenvalue weighted by atomic mass is 9.89. The van der Waals surface area contributed by atoms with Crippen LogP contribution in [0.15, 0.2) is 30.5 Å². The number of aliphatic hydroxyl groups is 1. The fourth-order valence-electron chi connectivity index (χ4n) is 5.08. The number of halogens is 2. The topological polar surface area (TPSA) is 61.0 Å². The van der Waals surface area contributed by atoms with Crippen LogP contribution in [0.25, 0.3) is 16.8 Å². The summed E-state index contributed by atoms with van der Waals surface area (Å²) in [6.45, 7) is 3.60. The van der Waals surface area contributed by atoms with Crippen molar-refractivity contribution in [1.82, 2.24) is 14.3 Å². The van der Waals surface area contributed by atoms with E-state index in [0.717, 1.165) is 55.6 Å². The van der Waals surface area contributed by atoms with Crippen LogP contribution in [0.2, 0.25) is 10.0 Å². The van der Waals surface area contributed by atoms with Crippen molar-refractivity contribution in [3.05, 3.63) is 51.9 Å². The summed E-state index contributed by atoms with van der Waals surface area (Å²) < 4.78 is 2.14. The molecule has 1 aromatic carbocycles. The van der Waals surface area contributed by atoms with Crippen LogP contribution in [0.5, 0.6) is 5.75 Å². The van der Waals surface area contributed by atoms with Crippen LogP contribution in [0.3, 0.4) is 0 Å². The van der Waals surface area contributed by atoms with E-state index in [1.807, 2.05) is 25.3 Å². The second-order valence-electron chi connectivity index (χ2n) is 8.82. The van der Waals surface area contributed by atoms with E-state index >= 15 is 0 Å². The fourth-order valence-corrected chi connectivity index (χ4v) is 5.51. The average molecular weight is 446 g/mol. The highest BCUT2D eigenvalue weighted by molar-refractivity contribution is 6.44. The number of aryl methyl sites for hydroxylation is 1. The second-order valence-corrected chi connectivity index (χ2v) is 9.61. The van der Waals surface area contributed by atoms with Gasteiger partial charge in [0.25, 0.3) is 0 Å². The van der Waals surface area contributed by atoms with E-state index in [2.05, 4.69) is 9.30 Å². The van der Waals surface area contributed by atoms with Crippen molar-refractivity contribution >= 4 is 28.8 Å². The number of imidazole rings is 1. The van der Waals surface area contributed by atoms with Gasteiger partial charge in [-0.1, -0.05) is 23.2 Å². The zero-order chi connectivity index (χ0) is 21.0. The molecular weight excluding hydrogens is 421 g/mol. The molecule has 3 aromatic rings. The molecule has 5 nitrogen and oxygen atoms in total. The maximum atomic E-state index is 10.6. The highest BCUT2D eigenvalue weighted by atomic mass is 35.5. The van der Waals surface area contributed by atoms with Gasteiger partial charge in [0.15, 0.2) is 0 Å². The predicted molar refractivity (Wildman–Crippen MR) is 119 cm³/mol. The van der Waals surface area contributed by atoms with Crippen LogP contribution in [-0.2, 0) is 6.42 Å². The minimum absolute atomic E-state index is 0.0958. The van der Waals surface area contributed by atoms with Crippen LogP contribution in [-0.4, -0.2) is 43.2 Å². The number of β-amino-alcohol motifs (C(OH)–C–C–N with tert-alkyl or cyclic N) is 1. The van der Waals surface area contributed by atoms with Crippen molar-refractivity contribution in [1.29, 1.82) is 0 Å². The molecule has 5 rings (SSSR count). The Hall–Kier alpha value is -1.79. The monoisotopic (exact) mass is 445 g/mol. The van der Waals surface area contributed by atoms with E-state index in [4.69, 9.17) is 28.2 Å². The van der Waals surface area contributed by atoms with Crippen LogP contribution in [0.4, 0.5) is 0 Å². The standard InChI is InChI=1S/C23H25Cl2N3O2/c1-23(30)9-3-10-27(13-23)16-4-2-5-17-22(16)26-19-12-14(8-11-28(17)19)20-18(29)7-6-15(24)21(20)25/h6-8,11-12,16,29-30H,2-5,9-10,13H2,1H3. The Balaban J connectivity index is 1.58. The van der Waals surface area contributed by atoms with Gasteiger partial charge in [-0.25, -0.2) is 4.98 Å². The van der Waals surface area contributed by atoms with Crippen molar-refractivity contribution in [3.63, 3.8) is 0 Å². The molecule has 0 bridgehead atoms. The van der Waals surface area contributed by atoms with Crippen LogP contribution in [0, 0.1) is 0 Å². The summed E-state index contributed by atoms with van der Waals surface area (Å²) in [5.41, 5.74) is 3.85. The number of phenolic OH excluding ortho intramolecular Hbond substituents is 1. The smallest absolute Gasteiger partial charge is 0.137 e. The molecular formula is C23H25Cl2N3O2. The SMILES string of the molecule is CC1(O)CCCN(C2CCCc3c2nc2cc(-c4c(O)ccc(Cl)c4Cl)ccn32)C1. The Morgan fingerprint density at radius 2 is 2.03 bits per heavy atom. The fraction of sp³-hybridized carbons (Fsp3) is 0.435. The first kappa shape index (κ1) is 20.1. The minimum Gasteiger partial charge on any atom is -0.507 e. The minimum atomic E-state index is -0.636. The number of fused-ring (bicyclic) bond motifs is 3. The van der Waals surface area contributed by atoms with E-state index in [-0.39, 0.29) is 11.8 Å². The lowest BCUT2D eigenvalue weighted by molar-refractivity contribution is -0.0334. The third-order valence-electron chi connectivity index (χ3n) is 6.47. The summed E-state index contributed by atoms with van der Waals surface area (Å²) in [6.07, 6.45) is 7.00. The number of benzene rings is 1. The number of rotatable bonds is 2. The average Bonchev–Trinajstić information content (AvgIpc) is 3.08. The zero-order valence-electron chi connectivity index (χ0n) is 16.9. The van der Waals surface area contributed by atoms with Crippen molar-refractivity contribution in [2.75, 3.05) is 13.1 Å². The molecule has 30 heavy (non-hydrogen) atoms. The van der Waals surface area contributed by atoms with Gasteiger partial charge in [0.2, 0.25) is 0 Å². The van der Waals surface area contributed by atoms with Gasteiger partial charge < -0.3 is 14.6 Å². The predicted octanol–water partition coefficient (Wildman–Crippen LogP) is 5.24. The molecule has 2 atom stereocenters. The van der Waals surface area contributed by atoms with Crippen LogP contribution < -0.4 is 0 Å². The number of hydrogen-bond donors (Lipinski definition) is 2. The molecule has 2 N–H and O–H groups in total. The summed E-state index contributed by atoms with van der Waals surface area (Å²) in [5.74, 6) is 0.0958. The van der Waals surface area contributed by atoms with Crippen molar-refractivity contribution in [3.8, 4) is 16.9 Å². The summed E-state index contributed by atoms with van der Waals surface area (Å²) in [5, 5.41) is 21.7. The van der Waals surface area contributed by atoms with Gasteiger partial charge in [-0.05, 0) is 75.4 Å².